The van der Waals surface area contributed by atoms with Gasteiger partial charge in [0.05, 0.1) is 17.5 Å². The average Bonchev–Trinajstić information content (AvgIpc) is 2.85. The number of aryl methyl sites for hydroxylation is 4. The third kappa shape index (κ3) is 3.09. The van der Waals surface area contributed by atoms with Crippen molar-refractivity contribution in [3.63, 3.8) is 0 Å². The predicted octanol–water partition coefficient (Wildman–Crippen LogP) is 3.26. The van der Waals surface area contributed by atoms with E-state index in [0.29, 0.717) is 12.3 Å². The van der Waals surface area contributed by atoms with Gasteiger partial charge in [0.15, 0.2) is 0 Å². The van der Waals surface area contributed by atoms with E-state index in [-0.39, 0.29) is 18.1 Å². The Balaban J connectivity index is 1.79. The summed E-state index contributed by atoms with van der Waals surface area (Å²) in [5.74, 6) is 0.284. The molecule has 0 N–H and O–H groups in total. The smallest absolute Gasteiger partial charge is 0.328 e. The monoisotopic (exact) mass is 338 g/mol. The van der Waals surface area contributed by atoms with Gasteiger partial charge in [0.25, 0.3) is 0 Å². The van der Waals surface area contributed by atoms with Gasteiger partial charge >= 0.3 is 11.7 Å². The van der Waals surface area contributed by atoms with Crippen LogP contribution >= 0.6 is 0 Å². The number of carbonyl (C=O) groups is 1. The number of fused-ring (bicyclic) bond motifs is 1. The first kappa shape index (κ1) is 17.0. The molecule has 2 aromatic carbocycles. The number of benzene rings is 2. The maximum absolute atomic E-state index is 12.4. The van der Waals surface area contributed by atoms with Crippen LogP contribution in [0.1, 0.15) is 23.1 Å². The molecule has 1 aromatic heterocycles. The number of ether oxygens (including phenoxy) is 1. The Kier molecular flexibility index (Phi) is 4.49. The number of hydrogen-bond acceptors (Lipinski definition) is 3. The van der Waals surface area contributed by atoms with Crippen molar-refractivity contribution in [2.75, 3.05) is 0 Å². The number of rotatable bonds is 4. The highest BCUT2D eigenvalue weighted by Gasteiger charge is 2.14. The summed E-state index contributed by atoms with van der Waals surface area (Å²) in [6.45, 7) is 6.15. The highest BCUT2D eigenvalue weighted by Crippen LogP contribution is 2.26. The Morgan fingerprint density at radius 2 is 1.64 bits per heavy atom. The van der Waals surface area contributed by atoms with Crippen LogP contribution in [0.15, 0.2) is 41.2 Å². The van der Waals surface area contributed by atoms with Crippen LogP contribution in [-0.4, -0.2) is 15.1 Å². The van der Waals surface area contributed by atoms with E-state index in [4.69, 9.17) is 4.74 Å². The molecule has 0 saturated carbocycles. The molecule has 3 aromatic rings. The first-order valence-electron chi connectivity index (χ1n) is 8.32. The van der Waals surface area contributed by atoms with Gasteiger partial charge in [-0.1, -0.05) is 24.3 Å². The van der Waals surface area contributed by atoms with E-state index < -0.39 is 0 Å². The number of aromatic nitrogens is 2. The number of imidazole rings is 1. The van der Waals surface area contributed by atoms with E-state index in [2.05, 4.69) is 0 Å². The molecular weight excluding hydrogens is 316 g/mol. The van der Waals surface area contributed by atoms with E-state index in [0.717, 1.165) is 27.7 Å². The summed E-state index contributed by atoms with van der Waals surface area (Å²) in [6.07, 6.45) is 0.140. The van der Waals surface area contributed by atoms with Crippen LogP contribution in [0.2, 0.25) is 0 Å². The maximum atomic E-state index is 12.4. The summed E-state index contributed by atoms with van der Waals surface area (Å²) >= 11 is 0. The molecule has 0 aliphatic carbocycles. The van der Waals surface area contributed by atoms with Crippen molar-refractivity contribution in [1.82, 2.24) is 9.13 Å². The molecule has 0 amide bonds. The first-order chi connectivity index (χ1) is 11.9. The minimum atomic E-state index is -0.336. The fourth-order valence-electron chi connectivity index (χ4n) is 3.03. The lowest BCUT2D eigenvalue weighted by molar-refractivity contribution is -0.134. The molecule has 5 nitrogen and oxygen atoms in total. The van der Waals surface area contributed by atoms with Gasteiger partial charge in [-0.3, -0.25) is 13.9 Å². The van der Waals surface area contributed by atoms with E-state index in [1.165, 1.54) is 0 Å². The predicted molar refractivity (Wildman–Crippen MR) is 98.1 cm³/mol. The fourth-order valence-corrected chi connectivity index (χ4v) is 3.03. The second kappa shape index (κ2) is 6.59. The molecule has 0 atom stereocenters. The zero-order chi connectivity index (χ0) is 18.1. The quantitative estimate of drug-likeness (QED) is 0.542. The minimum Gasteiger partial charge on any atom is -0.426 e. The lowest BCUT2D eigenvalue weighted by atomic mass is 10.1. The maximum Gasteiger partial charge on any atom is 0.328 e. The minimum absolute atomic E-state index is 0.128. The van der Waals surface area contributed by atoms with Crippen molar-refractivity contribution < 1.29 is 9.53 Å². The van der Waals surface area contributed by atoms with Gasteiger partial charge in [0.2, 0.25) is 0 Å². The van der Waals surface area contributed by atoms with Gasteiger partial charge in [-0.05, 0) is 49.6 Å². The SMILES string of the molecule is Cc1ccc(C)c(OC(=O)CCn2c(=O)n(C)c3ccccc32)c1C. The van der Waals surface area contributed by atoms with Crippen molar-refractivity contribution >= 4 is 17.0 Å². The second-order valence-corrected chi connectivity index (χ2v) is 6.36. The average molecular weight is 338 g/mol. The lowest BCUT2D eigenvalue weighted by Crippen LogP contribution is -2.24. The van der Waals surface area contributed by atoms with Gasteiger partial charge in [0.1, 0.15) is 5.75 Å². The lowest BCUT2D eigenvalue weighted by Gasteiger charge is -2.12. The Hall–Kier alpha value is -2.82. The van der Waals surface area contributed by atoms with Gasteiger partial charge < -0.3 is 4.74 Å². The molecule has 1 heterocycles. The highest BCUT2D eigenvalue weighted by atomic mass is 16.5. The molecule has 0 spiro atoms. The van der Waals surface area contributed by atoms with Crippen LogP contribution < -0.4 is 10.4 Å². The molecule has 0 radical (unpaired) electrons. The molecule has 0 fully saturated rings. The summed E-state index contributed by atoms with van der Waals surface area (Å²) in [5.41, 5.74) is 4.53. The number of nitrogens with zero attached hydrogens (tertiary/aromatic N) is 2. The van der Waals surface area contributed by atoms with E-state index >= 15 is 0 Å². The molecule has 0 unspecified atom stereocenters. The fraction of sp³-hybridized carbons (Fsp3) is 0.300. The second-order valence-electron chi connectivity index (χ2n) is 6.36. The Labute approximate surface area is 146 Å². The Morgan fingerprint density at radius 3 is 2.36 bits per heavy atom. The number of carbonyl (C=O) groups excluding carboxylic acids is 1. The summed E-state index contributed by atoms with van der Waals surface area (Å²) < 4.78 is 8.79. The topological polar surface area (TPSA) is 53.2 Å². The van der Waals surface area contributed by atoms with E-state index in [9.17, 15) is 9.59 Å². The number of hydrogen-bond donors (Lipinski definition) is 0. The van der Waals surface area contributed by atoms with Gasteiger partial charge in [-0.15, -0.1) is 0 Å². The summed E-state index contributed by atoms with van der Waals surface area (Å²) in [6, 6.07) is 11.5. The Morgan fingerprint density at radius 1 is 1.00 bits per heavy atom. The van der Waals surface area contributed by atoms with Crippen LogP contribution in [-0.2, 0) is 18.4 Å². The van der Waals surface area contributed by atoms with Crippen molar-refractivity contribution in [3.8, 4) is 5.75 Å². The molecule has 3 rings (SSSR count). The van der Waals surface area contributed by atoms with Gasteiger partial charge in [-0.25, -0.2) is 4.79 Å². The van der Waals surface area contributed by atoms with Crippen LogP contribution in [0, 0.1) is 20.8 Å². The molecule has 25 heavy (non-hydrogen) atoms. The summed E-state index contributed by atoms with van der Waals surface area (Å²) in [4.78, 5) is 24.7. The molecule has 0 saturated heterocycles. The van der Waals surface area contributed by atoms with Crippen molar-refractivity contribution in [2.45, 2.75) is 33.7 Å². The van der Waals surface area contributed by atoms with Crippen LogP contribution in [0.3, 0.4) is 0 Å². The van der Waals surface area contributed by atoms with Gasteiger partial charge in [-0.2, -0.15) is 0 Å². The van der Waals surface area contributed by atoms with E-state index in [1.807, 2.05) is 57.2 Å². The van der Waals surface area contributed by atoms with Crippen LogP contribution in [0.25, 0.3) is 11.0 Å². The third-order valence-electron chi connectivity index (χ3n) is 4.68. The number of esters is 1. The number of para-hydroxylation sites is 2. The highest BCUT2D eigenvalue weighted by molar-refractivity contribution is 5.77. The molecular formula is C20H22N2O3. The third-order valence-corrected chi connectivity index (χ3v) is 4.68. The standard InChI is InChI=1S/C20H22N2O3/c1-13-9-10-14(2)19(15(13)3)25-18(23)11-12-22-17-8-6-5-7-16(17)21(4)20(22)24/h5-10H,11-12H2,1-4H3. The summed E-state index contributed by atoms with van der Waals surface area (Å²) in [5, 5.41) is 0. The molecule has 0 aliphatic rings. The van der Waals surface area contributed by atoms with Crippen molar-refractivity contribution in [1.29, 1.82) is 0 Å². The molecule has 130 valence electrons. The zero-order valence-electron chi connectivity index (χ0n) is 15.0. The van der Waals surface area contributed by atoms with Crippen molar-refractivity contribution in [3.05, 3.63) is 63.6 Å². The van der Waals surface area contributed by atoms with Crippen LogP contribution in [0.4, 0.5) is 0 Å². The molecule has 0 bridgehead atoms. The Bertz CT molecular complexity index is 1010. The van der Waals surface area contributed by atoms with E-state index in [1.54, 1.807) is 16.2 Å². The van der Waals surface area contributed by atoms with Gasteiger partial charge in [0, 0.05) is 13.6 Å². The zero-order valence-corrected chi connectivity index (χ0v) is 15.0. The van der Waals surface area contributed by atoms with Crippen molar-refractivity contribution in [2.24, 2.45) is 7.05 Å². The summed E-state index contributed by atoms with van der Waals surface area (Å²) in [7, 11) is 1.74. The normalized spacial score (nSPS) is 11.0. The molecule has 5 heteroatoms. The van der Waals surface area contributed by atoms with Crippen LogP contribution in [0.5, 0.6) is 5.75 Å². The first-order valence-corrected chi connectivity index (χ1v) is 8.32. The largest absolute Gasteiger partial charge is 0.426 e. The molecule has 0 aliphatic heterocycles.